The van der Waals surface area contributed by atoms with Gasteiger partial charge < -0.3 is 15.0 Å². The SMILES string of the molecule is CC(C)(C)OC(=O)N[C@H]1CC[C@@H](N2CCCC2)CC1. The highest BCUT2D eigenvalue weighted by Crippen LogP contribution is 2.26. The summed E-state index contributed by atoms with van der Waals surface area (Å²) in [6.07, 6.45) is 7.03. The summed E-state index contributed by atoms with van der Waals surface area (Å²) in [6, 6.07) is 1.05. The molecule has 2 rings (SSSR count). The van der Waals surface area contributed by atoms with E-state index in [-0.39, 0.29) is 6.09 Å². The van der Waals surface area contributed by atoms with E-state index < -0.39 is 5.60 Å². The Kier molecular flexibility index (Phi) is 4.71. The Balaban J connectivity index is 1.69. The summed E-state index contributed by atoms with van der Waals surface area (Å²) in [7, 11) is 0. The van der Waals surface area contributed by atoms with Gasteiger partial charge in [0.15, 0.2) is 0 Å². The van der Waals surface area contributed by atoms with E-state index in [4.69, 9.17) is 4.74 Å². The highest BCUT2D eigenvalue weighted by molar-refractivity contribution is 5.68. The van der Waals surface area contributed by atoms with Crippen LogP contribution in [0.25, 0.3) is 0 Å². The van der Waals surface area contributed by atoms with Crippen LogP contribution in [0.5, 0.6) is 0 Å². The van der Waals surface area contributed by atoms with E-state index in [1.165, 1.54) is 38.8 Å². The van der Waals surface area contributed by atoms with Crippen molar-refractivity contribution < 1.29 is 9.53 Å². The fourth-order valence-electron chi connectivity index (χ4n) is 3.17. The second-order valence-electron chi connectivity index (χ2n) is 6.89. The molecule has 0 spiro atoms. The number of rotatable bonds is 2. The monoisotopic (exact) mass is 268 g/mol. The van der Waals surface area contributed by atoms with Crippen LogP contribution in [0.1, 0.15) is 59.3 Å². The molecule has 110 valence electrons. The second kappa shape index (κ2) is 6.12. The predicted molar refractivity (Wildman–Crippen MR) is 76.2 cm³/mol. The Morgan fingerprint density at radius 2 is 1.68 bits per heavy atom. The lowest BCUT2D eigenvalue weighted by Gasteiger charge is -2.35. The van der Waals surface area contributed by atoms with Gasteiger partial charge in [-0.15, -0.1) is 0 Å². The van der Waals surface area contributed by atoms with Gasteiger partial charge in [0.25, 0.3) is 0 Å². The highest BCUT2D eigenvalue weighted by atomic mass is 16.6. The van der Waals surface area contributed by atoms with Crippen molar-refractivity contribution in [1.82, 2.24) is 10.2 Å². The number of nitrogens with zero attached hydrogens (tertiary/aromatic N) is 1. The Morgan fingerprint density at radius 3 is 2.21 bits per heavy atom. The second-order valence-corrected chi connectivity index (χ2v) is 6.89. The number of hydrogen-bond donors (Lipinski definition) is 1. The first-order valence-corrected chi connectivity index (χ1v) is 7.67. The van der Waals surface area contributed by atoms with Crippen molar-refractivity contribution in [2.45, 2.75) is 77.0 Å². The number of nitrogens with one attached hydrogen (secondary N) is 1. The lowest BCUT2D eigenvalue weighted by atomic mass is 9.90. The van der Waals surface area contributed by atoms with Gasteiger partial charge in [0.2, 0.25) is 0 Å². The highest BCUT2D eigenvalue weighted by Gasteiger charge is 2.28. The van der Waals surface area contributed by atoms with Gasteiger partial charge in [-0.05, 0) is 72.4 Å². The number of amides is 1. The molecule has 1 aliphatic heterocycles. The largest absolute Gasteiger partial charge is 0.444 e. The minimum atomic E-state index is -0.406. The lowest BCUT2D eigenvalue weighted by Crippen LogP contribution is -2.44. The molecule has 0 aromatic heterocycles. The zero-order valence-corrected chi connectivity index (χ0v) is 12.6. The van der Waals surface area contributed by atoms with Gasteiger partial charge in [0.05, 0.1) is 0 Å². The van der Waals surface area contributed by atoms with Crippen molar-refractivity contribution >= 4 is 6.09 Å². The van der Waals surface area contributed by atoms with Crippen LogP contribution in [0.2, 0.25) is 0 Å². The van der Waals surface area contributed by atoms with Gasteiger partial charge >= 0.3 is 6.09 Å². The summed E-state index contributed by atoms with van der Waals surface area (Å²) in [5.74, 6) is 0. The van der Waals surface area contributed by atoms with Gasteiger partial charge in [-0.25, -0.2) is 4.79 Å². The van der Waals surface area contributed by atoms with E-state index in [1.807, 2.05) is 20.8 Å². The van der Waals surface area contributed by atoms with Crippen molar-refractivity contribution in [3.63, 3.8) is 0 Å². The van der Waals surface area contributed by atoms with Crippen LogP contribution >= 0.6 is 0 Å². The smallest absolute Gasteiger partial charge is 0.407 e. The van der Waals surface area contributed by atoms with E-state index in [9.17, 15) is 4.79 Å². The van der Waals surface area contributed by atoms with Gasteiger partial charge in [-0.1, -0.05) is 0 Å². The first-order chi connectivity index (χ1) is 8.94. The molecule has 1 saturated carbocycles. The fraction of sp³-hybridized carbons (Fsp3) is 0.933. The minimum absolute atomic E-state index is 0.267. The summed E-state index contributed by atoms with van der Waals surface area (Å²) in [4.78, 5) is 14.3. The third kappa shape index (κ3) is 4.68. The van der Waals surface area contributed by atoms with E-state index in [2.05, 4.69) is 10.2 Å². The zero-order valence-electron chi connectivity index (χ0n) is 12.6. The molecule has 19 heavy (non-hydrogen) atoms. The number of ether oxygens (including phenoxy) is 1. The van der Waals surface area contributed by atoms with E-state index in [0.717, 1.165) is 18.9 Å². The molecule has 4 heteroatoms. The number of likely N-dealkylation sites (tertiary alicyclic amines) is 1. The Morgan fingerprint density at radius 1 is 1.11 bits per heavy atom. The molecular formula is C15H28N2O2. The van der Waals surface area contributed by atoms with Gasteiger partial charge in [-0.2, -0.15) is 0 Å². The summed E-state index contributed by atoms with van der Waals surface area (Å²) in [5, 5.41) is 3.01. The van der Waals surface area contributed by atoms with Crippen LogP contribution in [0.3, 0.4) is 0 Å². The molecule has 4 nitrogen and oxygen atoms in total. The van der Waals surface area contributed by atoms with E-state index >= 15 is 0 Å². The average Bonchev–Trinajstić information content (AvgIpc) is 2.80. The maximum Gasteiger partial charge on any atom is 0.407 e. The van der Waals surface area contributed by atoms with Crippen molar-refractivity contribution in [3.05, 3.63) is 0 Å². The molecule has 0 aromatic carbocycles. The Bertz CT molecular complexity index is 298. The molecule has 1 amide bonds. The summed E-state index contributed by atoms with van der Waals surface area (Å²) in [5.41, 5.74) is -0.406. The molecule has 1 aliphatic carbocycles. The number of carbonyl (C=O) groups is 1. The van der Waals surface area contributed by atoms with Crippen LogP contribution < -0.4 is 5.32 Å². The van der Waals surface area contributed by atoms with Gasteiger partial charge in [0.1, 0.15) is 5.60 Å². The maximum atomic E-state index is 11.7. The Labute approximate surface area is 116 Å². The van der Waals surface area contributed by atoms with Crippen LogP contribution in [-0.4, -0.2) is 41.8 Å². The molecule has 2 fully saturated rings. The molecule has 0 atom stereocenters. The molecule has 0 aromatic rings. The van der Waals surface area contributed by atoms with E-state index in [1.54, 1.807) is 0 Å². The molecule has 0 unspecified atom stereocenters. The number of hydrogen-bond acceptors (Lipinski definition) is 3. The van der Waals surface area contributed by atoms with E-state index in [0.29, 0.717) is 6.04 Å². The fourth-order valence-corrected chi connectivity index (χ4v) is 3.17. The minimum Gasteiger partial charge on any atom is -0.444 e. The molecule has 1 heterocycles. The molecule has 1 saturated heterocycles. The topological polar surface area (TPSA) is 41.6 Å². The van der Waals surface area contributed by atoms with Crippen molar-refractivity contribution in [3.8, 4) is 0 Å². The molecule has 0 bridgehead atoms. The lowest BCUT2D eigenvalue weighted by molar-refractivity contribution is 0.0480. The van der Waals surface area contributed by atoms with Gasteiger partial charge in [0, 0.05) is 12.1 Å². The predicted octanol–water partition coefficient (Wildman–Crippen LogP) is 2.92. The molecule has 2 aliphatic rings. The molecule has 1 N–H and O–H groups in total. The van der Waals surface area contributed by atoms with Gasteiger partial charge in [-0.3, -0.25) is 0 Å². The third-order valence-electron chi connectivity index (χ3n) is 4.07. The maximum absolute atomic E-state index is 11.7. The molecular weight excluding hydrogens is 240 g/mol. The quantitative estimate of drug-likeness (QED) is 0.837. The van der Waals surface area contributed by atoms with Crippen molar-refractivity contribution in [2.75, 3.05) is 13.1 Å². The first-order valence-electron chi connectivity index (χ1n) is 7.67. The zero-order chi connectivity index (χ0) is 13.9. The summed E-state index contributed by atoms with van der Waals surface area (Å²) >= 11 is 0. The first kappa shape index (κ1) is 14.6. The third-order valence-corrected chi connectivity index (χ3v) is 4.07. The normalized spacial score (nSPS) is 29.2. The van der Waals surface area contributed by atoms with Crippen LogP contribution in [0.15, 0.2) is 0 Å². The number of alkyl carbamates (subject to hydrolysis) is 1. The van der Waals surface area contributed by atoms with Crippen molar-refractivity contribution in [2.24, 2.45) is 0 Å². The summed E-state index contributed by atoms with van der Waals surface area (Å²) in [6.45, 7) is 8.24. The average molecular weight is 268 g/mol. The standard InChI is InChI=1S/C15H28N2O2/c1-15(2,3)19-14(18)16-12-6-8-13(9-7-12)17-10-4-5-11-17/h12-13H,4-11H2,1-3H3,(H,16,18)/t12-,13+. The summed E-state index contributed by atoms with van der Waals surface area (Å²) < 4.78 is 5.31. The van der Waals surface area contributed by atoms with Crippen LogP contribution in [-0.2, 0) is 4.74 Å². The Hall–Kier alpha value is -0.770. The van der Waals surface area contributed by atoms with Crippen molar-refractivity contribution in [1.29, 1.82) is 0 Å². The number of carbonyl (C=O) groups excluding carboxylic acids is 1. The van der Waals surface area contributed by atoms with Crippen LogP contribution in [0, 0.1) is 0 Å². The van der Waals surface area contributed by atoms with Crippen LogP contribution in [0.4, 0.5) is 4.79 Å². The molecule has 0 radical (unpaired) electrons.